The van der Waals surface area contributed by atoms with Crippen LogP contribution in [0.5, 0.6) is 0 Å². The number of hydrogen-bond donors (Lipinski definition) is 3. The average Bonchev–Trinajstić information content (AvgIpc) is 1.83. The fourth-order valence-electron chi connectivity index (χ4n) is 11.7. The number of carbonyl (C=O) groups excluding carboxylic acids is 4. The molecule has 0 fully saturated rings. The van der Waals surface area contributed by atoms with Crippen LogP contribution in [-0.4, -0.2) is 96.7 Å². The van der Waals surface area contributed by atoms with Gasteiger partial charge < -0.3 is 33.8 Å². The molecule has 0 spiro atoms. The molecule has 0 saturated carbocycles. The molecule has 0 bridgehead atoms. The van der Waals surface area contributed by atoms with Gasteiger partial charge in [0.05, 0.1) is 26.4 Å². The zero-order valence-electron chi connectivity index (χ0n) is 61.8. The molecule has 0 aliphatic rings. The Morgan fingerprint density at radius 1 is 0.284 bits per heavy atom. The smallest absolute Gasteiger partial charge is 0.462 e. The molecule has 2 unspecified atom stereocenters. The van der Waals surface area contributed by atoms with Crippen LogP contribution in [0.3, 0.4) is 0 Å². The maximum absolute atomic E-state index is 13.1. The first-order chi connectivity index (χ1) is 46.0. The molecule has 0 rings (SSSR count). The van der Waals surface area contributed by atoms with Crippen LogP contribution in [0.25, 0.3) is 0 Å². The first kappa shape index (κ1) is 93.1. The second kappa shape index (κ2) is 69.2. The molecular formula is C76H148O17P2. The number of esters is 4. The van der Waals surface area contributed by atoms with Crippen LogP contribution in [0.4, 0.5) is 0 Å². The summed E-state index contributed by atoms with van der Waals surface area (Å²) in [6, 6.07) is 0. The molecule has 19 heteroatoms. The van der Waals surface area contributed by atoms with Gasteiger partial charge in [0.2, 0.25) is 0 Å². The maximum atomic E-state index is 13.1. The van der Waals surface area contributed by atoms with Gasteiger partial charge in [0.25, 0.3) is 0 Å². The molecule has 17 nitrogen and oxygen atoms in total. The number of aliphatic hydroxyl groups excluding tert-OH is 1. The molecular weight excluding hydrogens is 1250 g/mol. The molecule has 0 heterocycles. The summed E-state index contributed by atoms with van der Waals surface area (Å²) in [5, 5.41) is 10.6. The number of phosphoric ester groups is 2. The summed E-state index contributed by atoms with van der Waals surface area (Å²) < 4.78 is 68.4. The molecule has 5 atom stereocenters. The number of phosphoric acid groups is 2. The SMILES string of the molecule is CCCCCCCCCCCCCCCCCCC(=O)OC[C@H](COP(=O)(O)OC[C@@H](O)COP(=O)(O)OC[C@@H](COC(=O)CCCCCCCCCCC)OC(=O)CCCCCCCCCCC)OC(=O)CCCCCCCCCCCCCCCCCCCCC(C)C. The molecule has 0 aromatic carbocycles. The van der Waals surface area contributed by atoms with Gasteiger partial charge in [0.1, 0.15) is 19.3 Å². The largest absolute Gasteiger partial charge is 0.472 e. The summed E-state index contributed by atoms with van der Waals surface area (Å²) in [5.41, 5.74) is 0. The van der Waals surface area contributed by atoms with Crippen molar-refractivity contribution in [1.82, 2.24) is 0 Å². The van der Waals surface area contributed by atoms with E-state index in [9.17, 15) is 43.2 Å². The molecule has 564 valence electrons. The van der Waals surface area contributed by atoms with E-state index in [0.717, 1.165) is 95.8 Å². The first-order valence-corrected chi connectivity index (χ1v) is 42.6. The summed E-state index contributed by atoms with van der Waals surface area (Å²) >= 11 is 0. The van der Waals surface area contributed by atoms with E-state index < -0.39 is 97.5 Å². The highest BCUT2D eigenvalue weighted by molar-refractivity contribution is 7.47. The molecule has 0 saturated heterocycles. The third kappa shape index (κ3) is 70.3. The van der Waals surface area contributed by atoms with Gasteiger partial charge in [0, 0.05) is 25.7 Å². The van der Waals surface area contributed by atoms with Crippen LogP contribution in [0.15, 0.2) is 0 Å². The van der Waals surface area contributed by atoms with Gasteiger partial charge >= 0.3 is 39.5 Å². The summed E-state index contributed by atoms with van der Waals surface area (Å²) in [6.45, 7) is 7.29. The lowest BCUT2D eigenvalue weighted by Gasteiger charge is -2.21. The minimum atomic E-state index is -4.96. The second-order valence-corrected chi connectivity index (χ2v) is 30.8. The van der Waals surface area contributed by atoms with Crippen molar-refractivity contribution in [2.75, 3.05) is 39.6 Å². The Labute approximate surface area is 581 Å². The summed E-state index contributed by atoms with van der Waals surface area (Å²) in [5.74, 6) is -1.30. The number of ether oxygens (including phenoxy) is 4. The highest BCUT2D eigenvalue weighted by atomic mass is 31.2. The molecule has 95 heavy (non-hydrogen) atoms. The summed E-state index contributed by atoms with van der Waals surface area (Å²) in [4.78, 5) is 72.6. The normalized spacial score (nSPS) is 13.9. The quantitative estimate of drug-likeness (QED) is 0.0222. The summed E-state index contributed by atoms with van der Waals surface area (Å²) in [7, 11) is -9.90. The van der Waals surface area contributed by atoms with E-state index >= 15 is 0 Å². The lowest BCUT2D eigenvalue weighted by molar-refractivity contribution is -0.161. The van der Waals surface area contributed by atoms with Gasteiger partial charge in [0.15, 0.2) is 12.2 Å². The van der Waals surface area contributed by atoms with E-state index in [0.29, 0.717) is 25.7 Å². The van der Waals surface area contributed by atoms with Crippen LogP contribution in [-0.2, 0) is 65.4 Å². The Hall–Kier alpha value is -1.94. The van der Waals surface area contributed by atoms with Gasteiger partial charge in [-0.2, -0.15) is 0 Å². The standard InChI is InChI=1S/C76H148O17P2/c1-6-9-12-15-18-21-22-23-24-30-33-36-41-45-50-55-60-74(79)87-66-72(93-76(81)62-57-52-47-42-37-34-31-28-26-25-27-29-32-35-40-43-48-53-58-69(4)5)68-91-95(84,85)89-64-70(77)63-88-94(82,83)90-67-71(92-75(80)61-56-51-46-39-20-17-14-11-8-3)65-86-73(78)59-54-49-44-38-19-16-13-10-7-2/h69-72,77H,6-68H2,1-5H3,(H,82,83)(H,84,85)/t70-,71+,72+/m0/s1. The van der Waals surface area contributed by atoms with Crippen LogP contribution < -0.4 is 0 Å². The van der Waals surface area contributed by atoms with Gasteiger partial charge in [-0.3, -0.25) is 37.3 Å². The van der Waals surface area contributed by atoms with Gasteiger partial charge in [-0.1, -0.05) is 349 Å². The van der Waals surface area contributed by atoms with Crippen LogP contribution >= 0.6 is 15.6 Å². The fourth-order valence-corrected chi connectivity index (χ4v) is 13.3. The van der Waals surface area contributed by atoms with Crippen molar-refractivity contribution < 1.29 is 80.2 Å². The Bertz CT molecular complexity index is 1820. The van der Waals surface area contributed by atoms with E-state index in [1.165, 1.54) is 225 Å². The predicted octanol–water partition coefficient (Wildman–Crippen LogP) is 22.5. The minimum Gasteiger partial charge on any atom is -0.462 e. The topological polar surface area (TPSA) is 237 Å². The average molecular weight is 1400 g/mol. The van der Waals surface area contributed by atoms with Crippen molar-refractivity contribution in [2.24, 2.45) is 5.92 Å². The third-order valence-corrected chi connectivity index (χ3v) is 19.7. The fraction of sp³-hybridized carbons (Fsp3) is 0.947. The van der Waals surface area contributed by atoms with Gasteiger partial charge in [-0.15, -0.1) is 0 Å². The Morgan fingerprint density at radius 2 is 0.484 bits per heavy atom. The van der Waals surface area contributed by atoms with Crippen molar-refractivity contribution >= 4 is 39.5 Å². The van der Waals surface area contributed by atoms with Crippen molar-refractivity contribution in [3.8, 4) is 0 Å². The Kier molecular flexibility index (Phi) is 67.7. The van der Waals surface area contributed by atoms with Crippen LogP contribution in [0, 0.1) is 5.92 Å². The molecule has 0 aromatic heterocycles. The lowest BCUT2D eigenvalue weighted by atomic mass is 10.0. The molecule has 3 N–H and O–H groups in total. The molecule has 0 amide bonds. The van der Waals surface area contributed by atoms with E-state index in [-0.39, 0.29) is 25.7 Å². The van der Waals surface area contributed by atoms with Crippen LogP contribution in [0.1, 0.15) is 401 Å². The molecule has 0 aliphatic carbocycles. The predicted molar refractivity (Wildman–Crippen MR) is 386 cm³/mol. The zero-order valence-corrected chi connectivity index (χ0v) is 63.6. The van der Waals surface area contributed by atoms with E-state index in [1.54, 1.807) is 0 Å². The number of carbonyl (C=O) groups is 4. The first-order valence-electron chi connectivity index (χ1n) is 39.6. The molecule has 0 aromatic rings. The van der Waals surface area contributed by atoms with Gasteiger partial charge in [-0.05, 0) is 31.6 Å². The maximum Gasteiger partial charge on any atom is 0.472 e. The number of aliphatic hydroxyl groups is 1. The Morgan fingerprint density at radius 3 is 0.716 bits per heavy atom. The lowest BCUT2D eigenvalue weighted by Crippen LogP contribution is -2.30. The van der Waals surface area contributed by atoms with Crippen molar-refractivity contribution in [3.63, 3.8) is 0 Å². The molecule has 0 aliphatic heterocycles. The number of unbranched alkanes of at least 4 members (excludes halogenated alkanes) is 48. The summed E-state index contributed by atoms with van der Waals surface area (Å²) in [6.07, 6.45) is 58.4. The number of hydrogen-bond acceptors (Lipinski definition) is 15. The Balaban J connectivity index is 5.17. The van der Waals surface area contributed by atoms with Crippen LogP contribution in [0.2, 0.25) is 0 Å². The third-order valence-electron chi connectivity index (χ3n) is 17.8. The van der Waals surface area contributed by atoms with Gasteiger partial charge in [-0.25, -0.2) is 9.13 Å². The van der Waals surface area contributed by atoms with Crippen molar-refractivity contribution in [1.29, 1.82) is 0 Å². The van der Waals surface area contributed by atoms with Crippen molar-refractivity contribution in [2.45, 2.75) is 419 Å². The van der Waals surface area contributed by atoms with E-state index in [2.05, 4.69) is 34.6 Å². The van der Waals surface area contributed by atoms with E-state index in [1.807, 2.05) is 0 Å². The minimum absolute atomic E-state index is 0.106. The monoisotopic (exact) mass is 1400 g/mol. The van der Waals surface area contributed by atoms with Crippen molar-refractivity contribution in [3.05, 3.63) is 0 Å². The molecule has 0 radical (unpaired) electrons. The van der Waals surface area contributed by atoms with E-state index in [4.69, 9.17) is 37.0 Å². The zero-order chi connectivity index (χ0) is 69.8. The second-order valence-electron chi connectivity index (χ2n) is 27.9. The highest BCUT2D eigenvalue weighted by Crippen LogP contribution is 2.45. The number of rotatable bonds is 76. The highest BCUT2D eigenvalue weighted by Gasteiger charge is 2.30.